The third kappa shape index (κ3) is 5.35. The predicted molar refractivity (Wildman–Crippen MR) is 98.7 cm³/mol. The smallest absolute Gasteiger partial charge is 0.226 e. The monoisotopic (exact) mass is 340 g/mol. The highest BCUT2D eigenvalue weighted by Gasteiger charge is 2.17. The molecule has 0 aromatic heterocycles. The molecule has 1 atom stereocenters. The third-order valence-electron chi connectivity index (χ3n) is 4.08. The van der Waals surface area contributed by atoms with Gasteiger partial charge >= 0.3 is 0 Å². The molecule has 0 heterocycles. The lowest BCUT2D eigenvalue weighted by molar-refractivity contribution is -0.120. The Hall–Kier alpha value is -2.82. The molecule has 0 aliphatic heterocycles. The van der Waals surface area contributed by atoms with Gasteiger partial charge in [-0.25, -0.2) is 0 Å². The molecule has 0 saturated carbocycles. The van der Waals surface area contributed by atoms with Gasteiger partial charge < -0.3 is 15.4 Å². The van der Waals surface area contributed by atoms with Crippen molar-refractivity contribution in [3.05, 3.63) is 59.2 Å². The number of hydrogen-bond acceptors (Lipinski definition) is 3. The number of hydrogen-bond donors (Lipinski definition) is 2. The number of benzene rings is 2. The van der Waals surface area contributed by atoms with Crippen LogP contribution in [-0.2, 0) is 9.59 Å². The summed E-state index contributed by atoms with van der Waals surface area (Å²) in [5, 5.41) is 5.72. The zero-order valence-corrected chi connectivity index (χ0v) is 15.1. The van der Waals surface area contributed by atoms with Crippen LogP contribution in [0.15, 0.2) is 42.5 Å². The minimum absolute atomic E-state index is 0.152. The van der Waals surface area contributed by atoms with Crippen molar-refractivity contribution in [2.75, 3.05) is 12.4 Å². The fraction of sp³-hybridized carbons (Fsp3) is 0.300. The van der Waals surface area contributed by atoms with Gasteiger partial charge in [0.15, 0.2) is 0 Å². The van der Waals surface area contributed by atoms with Crippen molar-refractivity contribution >= 4 is 17.5 Å². The molecule has 2 rings (SSSR count). The van der Waals surface area contributed by atoms with E-state index in [1.54, 1.807) is 7.11 Å². The molecule has 132 valence electrons. The minimum Gasteiger partial charge on any atom is -0.497 e. The molecule has 0 bridgehead atoms. The van der Waals surface area contributed by atoms with Crippen molar-refractivity contribution in [1.82, 2.24) is 5.32 Å². The minimum atomic E-state index is -0.394. The normalized spacial score (nSPS) is 11.5. The lowest BCUT2D eigenvalue weighted by atomic mass is 10.0. The second kappa shape index (κ2) is 8.33. The van der Waals surface area contributed by atoms with Crippen LogP contribution in [0.5, 0.6) is 5.75 Å². The van der Waals surface area contributed by atoms with Crippen LogP contribution in [0.3, 0.4) is 0 Å². The van der Waals surface area contributed by atoms with Crippen LogP contribution in [-0.4, -0.2) is 18.9 Å². The second-order valence-corrected chi connectivity index (χ2v) is 6.08. The number of methoxy groups -OCH3 is 1. The average molecular weight is 340 g/mol. The molecular weight excluding hydrogens is 316 g/mol. The Kier molecular flexibility index (Phi) is 6.17. The SMILES string of the molecule is COc1ccc([C@@H](CC(=O)Nc2ccc(C)c(C)c2)NC(C)=O)cc1. The summed E-state index contributed by atoms with van der Waals surface area (Å²) in [5.74, 6) is 0.391. The van der Waals surface area contributed by atoms with Gasteiger partial charge in [0.25, 0.3) is 0 Å². The summed E-state index contributed by atoms with van der Waals surface area (Å²) in [6, 6.07) is 12.7. The number of carbonyl (C=O) groups excluding carboxylic acids is 2. The van der Waals surface area contributed by atoms with E-state index < -0.39 is 6.04 Å². The van der Waals surface area contributed by atoms with Crippen LogP contribution in [0.4, 0.5) is 5.69 Å². The van der Waals surface area contributed by atoms with Crippen molar-refractivity contribution in [3.8, 4) is 5.75 Å². The maximum absolute atomic E-state index is 12.4. The van der Waals surface area contributed by atoms with Crippen LogP contribution in [0.2, 0.25) is 0 Å². The van der Waals surface area contributed by atoms with Crippen molar-refractivity contribution < 1.29 is 14.3 Å². The van der Waals surface area contributed by atoms with E-state index in [9.17, 15) is 9.59 Å². The summed E-state index contributed by atoms with van der Waals surface area (Å²) in [7, 11) is 1.59. The number of amides is 2. The quantitative estimate of drug-likeness (QED) is 0.845. The molecule has 2 aromatic carbocycles. The Morgan fingerprint density at radius 3 is 2.28 bits per heavy atom. The van der Waals surface area contributed by atoms with Gasteiger partial charge in [0.1, 0.15) is 5.75 Å². The van der Waals surface area contributed by atoms with Gasteiger partial charge in [0.2, 0.25) is 11.8 Å². The van der Waals surface area contributed by atoms with E-state index in [2.05, 4.69) is 10.6 Å². The van der Waals surface area contributed by atoms with Gasteiger partial charge in [-0.05, 0) is 54.8 Å². The van der Waals surface area contributed by atoms with E-state index >= 15 is 0 Å². The number of aryl methyl sites for hydroxylation is 2. The number of anilines is 1. The fourth-order valence-electron chi connectivity index (χ4n) is 2.55. The molecule has 0 aliphatic rings. The highest BCUT2D eigenvalue weighted by Crippen LogP contribution is 2.22. The first-order valence-corrected chi connectivity index (χ1v) is 8.17. The van der Waals surface area contributed by atoms with Gasteiger partial charge in [0, 0.05) is 12.6 Å². The maximum atomic E-state index is 12.4. The molecule has 0 spiro atoms. The molecule has 5 nitrogen and oxygen atoms in total. The van der Waals surface area contributed by atoms with Crippen LogP contribution in [0.25, 0.3) is 0 Å². The van der Waals surface area contributed by atoms with E-state index in [-0.39, 0.29) is 18.2 Å². The molecule has 0 saturated heterocycles. The molecule has 0 radical (unpaired) electrons. The molecule has 25 heavy (non-hydrogen) atoms. The summed E-state index contributed by atoms with van der Waals surface area (Å²) in [4.78, 5) is 23.9. The predicted octanol–water partition coefficient (Wildman–Crippen LogP) is 3.52. The molecule has 2 amide bonds. The van der Waals surface area contributed by atoms with Crippen molar-refractivity contribution in [1.29, 1.82) is 0 Å². The molecule has 2 N–H and O–H groups in total. The highest BCUT2D eigenvalue weighted by atomic mass is 16.5. The second-order valence-electron chi connectivity index (χ2n) is 6.08. The van der Waals surface area contributed by atoms with E-state index in [1.165, 1.54) is 12.5 Å². The maximum Gasteiger partial charge on any atom is 0.226 e. The first kappa shape index (κ1) is 18.5. The largest absolute Gasteiger partial charge is 0.497 e. The lowest BCUT2D eigenvalue weighted by Crippen LogP contribution is -2.29. The first-order chi connectivity index (χ1) is 11.9. The van der Waals surface area contributed by atoms with E-state index in [0.717, 1.165) is 22.6 Å². The van der Waals surface area contributed by atoms with Crippen LogP contribution >= 0.6 is 0 Å². The Bertz CT molecular complexity index is 754. The van der Waals surface area contributed by atoms with Gasteiger partial charge in [-0.3, -0.25) is 9.59 Å². The highest BCUT2D eigenvalue weighted by molar-refractivity contribution is 5.91. The van der Waals surface area contributed by atoms with Crippen molar-refractivity contribution in [2.24, 2.45) is 0 Å². The Morgan fingerprint density at radius 2 is 1.72 bits per heavy atom. The molecule has 0 aliphatic carbocycles. The summed E-state index contributed by atoms with van der Waals surface area (Å²) in [5.41, 5.74) is 3.90. The Labute approximate surface area is 148 Å². The number of ether oxygens (including phenoxy) is 1. The molecular formula is C20H24N2O3. The zero-order chi connectivity index (χ0) is 18.4. The topological polar surface area (TPSA) is 67.4 Å². The standard InChI is InChI=1S/C20H24N2O3/c1-13-5-8-17(11-14(13)2)22-20(24)12-19(21-15(3)23)16-6-9-18(25-4)10-7-16/h5-11,19H,12H2,1-4H3,(H,21,23)(H,22,24)/t19-/m1/s1. The number of carbonyl (C=O) groups is 2. The Balaban J connectivity index is 2.10. The van der Waals surface area contributed by atoms with Crippen LogP contribution < -0.4 is 15.4 Å². The number of nitrogens with one attached hydrogen (secondary N) is 2. The average Bonchev–Trinajstić information content (AvgIpc) is 2.57. The molecule has 0 fully saturated rings. The van der Waals surface area contributed by atoms with Gasteiger partial charge in [-0.15, -0.1) is 0 Å². The summed E-state index contributed by atoms with van der Waals surface area (Å²) >= 11 is 0. The molecule has 2 aromatic rings. The Morgan fingerprint density at radius 1 is 1.04 bits per heavy atom. The number of rotatable bonds is 6. The summed E-state index contributed by atoms with van der Waals surface area (Å²) in [6.45, 7) is 5.47. The summed E-state index contributed by atoms with van der Waals surface area (Å²) in [6.07, 6.45) is 0.152. The zero-order valence-electron chi connectivity index (χ0n) is 15.1. The third-order valence-corrected chi connectivity index (χ3v) is 4.08. The van der Waals surface area contributed by atoms with Gasteiger partial charge in [0.05, 0.1) is 19.6 Å². The molecule has 5 heteroatoms. The van der Waals surface area contributed by atoms with Crippen LogP contribution in [0.1, 0.15) is 36.1 Å². The van der Waals surface area contributed by atoms with Gasteiger partial charge in [-0.2, -0.15) is 0 Å². The van der Waals surface area contributed by atoms with Crippen molar-refractivity contribution in [3.63, 3.8) is 0 Å². The van der Waals surface area contributed by atoms with E-state index in [1.807, 2.05) is 56.3 Å². The summed E-state index contributed by atoms with van der Waals surface area (Å²) < 4.78 is 5.14. The van der Waals surface area contributed by atoms with Crippen LogP contribution in [0, 0.1) is 13.8 Å². The van der Waals surface area contributed by atoms with E-state index in [4.69, 9.17) is 4.74 Å². The molecule has 0 unspecified atom stereocenters. The lowest BCUT2D eigenvalue weighted by Gasteiger charge is -2.18. The van der Waals surface area contributed by atoms with Crippen molar-refractivity contribution in [2.45, 2.75) is 33.2 Å². The van der Waals surface area contributed by atoms with E-state index in [0.29, 0.717) is 0 Å². The first-order valence-electron chi connectivity index (χ1n) is 8.17. The van der Waals surface area contributed by atoms with Gasteiger partial charge in [-0.1, -0.05) is 18.2 Å². The fourth-order valence-corrected chi connectivity index (χ4v) is 2.55.